The normalized spacial score (nSPS) is 10.5. The third-order valence-corrected chi connectivity index (χ3v) is 4.47. The van der Waals surface area contributed by atoms with Crippen LogP contribution in [0.4, 0.5) is 23.1 Å². The van der Waals surface area contributed by atoms with Gasteiger partial charge in [-0.05, 0) is 24.6 Å². The van der Waals surface area contributed by atoms with Gasteiger partial charge >= 0.3 is 0 Å². The summed E-state index contributed by atoms with van der Waals surface area (Å²) in [6.45, 7) is 6.99. The Morgan fingerprint density at radius 2 is 2.13 bits per heavy atom. The zero-order valence-corrected chi connectivity index (χ0v) is 18.1. The standard InChI is InChI=1S/C21H24ClN7O2/c1-14(2)20(30)26-16-6-4-5-15(9-16)10-23-19-18(22)12-24-21(28-19)27-17-11-25-29(13-17)7-8-31-3/h4-6,9,11-13H,1,7-8,10H2,2-3H3,(H,26,30)(H2,23,24,27,28). The maximum Gasteiger partial charge on any atom is 0.250 e. The molecule has 1 aromatic carbocycles. The largest absolute Gasteiger partial charge is 0.383 e. The summed E-state index contributed by atoms with van der Waals surface area (Å²) < 4.78 is 6.81. The van der Waals surface area contributed by atoms with Gasteiger partial charge in [-0.1, -0.05) is 30.3 Å². The Morgan fingerprint density at radius 1 is 1.29 bits per heavy atom. The smallest absolute Gasteiger partial charge is 0.250 e. The summed E-state index contributed by atoms with van der Waals surface area (Å²) in [5, 5.41) is 13.8. The van der Waals surface area contributed by atoms with Crippen molar-refractivity contribution in [2.24, 2.45) is 0 Å². The molecule has 0 unspecified atom stereocenters. The molecule has 0 saturated heterocycles. The van der Waals surface area contributed by atoms with Crippen molar-refractivity contribution in [3.05, 3.63) is 65.6 Å². The molecule has 2 heterocycles. The van der Waals surface area contributed by atoms with Gasteiger partial charge in [0.05, 0.1) is 31.2 Å². The van der Waals surface area contributed by atoms with Crippen molar-refractivity contribution in [1.29, 1.82) is 0 Å². The van der Waals surface area contributed by atoms with E-state index in [-0.39, 0.29) is 5.91 Å². The quantitative estimate of drug-likeness (QED) is 0.410. The average molecular weight is 442 g/mol. The number of benzene rings is 1. The predicted octanol–water partition coefficient (Wildman–Crippen LogP) is 3.84. The molecule has 0 bridgehead atoms. The van der Waals surface area contributed by atoms with Gasteiger partial charge in [-0.3, -0.25) is 9.48 Å². The summed E-state index contributed by atoms with van der Waals surface area (Å²) in [5.74, 6) is 0.660. The topological polar surface area (TPSA) is 106 Å². The van der Waals surface area contributed by atoms with E-state index < -0.39 is 0 Å². The molecule has 0 saturated carbocycles. The number of amides is 1. The molecule has 3 rings (SSSR count). The number of hydrogen-bond donors (Lipinski definition) is 3. The number of carbonyl (C=O) groups is 1. The van der Waals surface area contributed by atoms with Crippen molar-refractivity contribution in [3.8, 4) is 0 Å². The molecule has 0 aliphatic rings. The summed E-state index contributed by atoms with van der Waals surface area (Å²) in [6.07, 6.45) is 5.05. The Balaban J connectivity index is 1.64. The second kappa shape index (κ2) is 10.6. The number of anilines is 4. The van der Waals surface area contributed by atoms with E-state index in [4.69, 9.17) is 16.3 Å². The van der Waals surface area contributed by atoms with E-state index >= 15 is 0 Å². The number of rotatable bonds is 10. The molecule has 0 aliphatic carbocycles. The molecule has 162 valence electrons. The lowest BCUT2D eigenvalue weighted by Crippen LogP contribution is -2.12. The van der Waals surface area contributed by atoms with Crippen molar-refractivity contribution in [3.63, 3.8) is 0 Å². The predicted molar refractivity (Wildman–Crippen MR) is 122 cm³/mol. The van der Waals surface area contributed by atoms with E-state index in [1.54, 1.807) is 24.9 Å². The van der Waals surface area contributed by atoms with Crippen LogP contribution in [0.2, 0.25) is 5.02 Å². The van der Waals surface area contributed by atoms with Gasteiger partial charge in [-0.2, -0.15) is 10.1 Å². The average Bonchev–Trinajstić information content (AvgIpc) is 3.20. The molecule has 0 aliphatic heterocycles. The first-order chi connectivity index (χ1) is 14.9. The Morgan fingerprint density at radius 3 is 2.90 bits per heavy atom. The molecule has 3 N–H and O–H groups in total. The minimum atomic E-state index is -0.217. The third kappa shape index (κ3) is 6.53. The molecular weight excluding hydrogens is 418 g/mol. The van der Waals surface area contributed by atoms with Crippen LogP contribution in [0, 0.1) is 0 Å². The second-order valence-corrected chi connectivity index (χ2v) is 7.20. The van der Waals surface area contributed by atoms with E-state index in [9.17, 15) is 4.79 Å². The Bertz CT molecular complexity index is 1070. The first-order valence-electron chi connectivity index (χ1n) is 9.55. The van der Waals surface area contributed by atoms with Gasteiger partial charge < -0.3 is 20.7 Å². The fraction of sp³-hybridized carbons (Fsp3) is 0.238. The molecule has 3 aromatic rings. The molecule has 0 radical (unpaired) electrons. The van der Waals surface area contributed by atoms with Crippen LogP contribution < -0.4 is 16.0 Å². The fourth-order valence-electron chi connectivity index (χ4n) is 2.60. The fourth-order valence-corrected chi connectivity index (χ4v) is 2.76. The maximum atomic E-state index is 11.8. The van der Waals surface area contributed by atoms with Crippen molar-refractivity contribution in [2.75, 3.05) is 29.7 Å². The van der Waals surface area contributed by atoms with Crippen LogP contribution in [0.3, 0.4) is 0 Å². The molecule has 0 atom stereocenters. The lowest BCUT2D eigenvalue weighted by molar-refractivity contribution is -0.112. The van der Waals surface area contributed by atoms with Gasteiger partial charge in [0.2, 0.25) is 5.95 Å². The van der Waals surface area contributed by atoms with Crippen LogP contribution in [-0.2, 0) is 22.6 Å². The highest BCUT2D eigenvalue weighted by Gasteiger charge is 2.08. The van der Waals surface area contributed by atoms with Gasteiger partial charge in [-0.15, -0.1) is 0 Å². The number of aromatic nitrogens is 4. The van der Waals surface area contributed by atoms with E-state index in [0.29, 0.717) is 47.7 Å². The molecule has 0 fully saturated rings. The number of methoxy groups -OCH3 is 1. The maximum absolute atomic E-state index is 11.8. The first-order valence-corrected chi connectivity index (χ1v) is 9.93. The van der Waals surface area contributed by atoms with E-state index in [1.807, 2.05) is 30.5 Å². The lowest BCUT2D eigenvalue weighted by Gasteiger charge is -2.11. The van der Waals surface area contributed by atoms with Crippen LogP contribution in [0.1, 0.15) is 12.5 Å². The molecule has 9 nitrogen and oxygen atoms in total. The molecule has 1 amide bonds. The van der Waals surface area contributed by atoms with Gasteiger partial charge in [-0.25, -0.2) is 4.98 Å². The van der Waals surface area contributed by atoms with Crippen LogP contribution in [0.25, 0.3) is 0 Å². The minimum Gasteiger partial charge on any atom is -0.383 e. The summed E-state index contributed by atoms with van der Waals surface area (Å²) >= 11 is 6.25. The van der Waals surface area contributed by atoms with Crippen LogP contribution in [-0.4, -0.2) is 39.4 Å². The highest BCUT2D eigenvalue weighted by Crippen LogP contribution is 2.22. The number of nitrogens with one attached hydrogen (secondary N) is 3. The summed E-state index contributed by atoms with van der Waals surface area (Å²) in [6, 6.07) is 7.49. The molecule has 0 spiro atoms. The van der Waals surface area contributed by atoms with Crippen LogP contribution >= 0.6 is 11.6 Å². The summed E-state index contributed by atoms with van der Waals surface area (Å²) in [4.78, 5) is 20.5. The van der Waals surface area contributed by atoms with Gasteiger partial charge in [0.25, 0.3) is 5.91 Å². The lowest BCUT2D eigenvalue weighted by atomic mass is 10.2. The molecule has 2 aromatic heterocycles. The highest BCUT2D eigenvalue weighted by molar-refractivity contribution is 6.32. The summed E-state index contributed by atoms with van der Waals surface area (Å²) in [5.41, 5.74) is 2.84. The Hall–Kier alpha value is -3.43. The van der Waals surface area contributed by atoms with Gasteiger partial charge in [0.15, 0.2) is 5.82 Å². The molecule has 31 heavy (non-hydrogen) atoms. The molecule has 10 heteroatoms. The highest BCUT2D eigenvalue weighted by atomic mass is 35.5. The Labute approximate surface area is 185 Å². The Kier molecular flexibility index (Phi) is 7.58. The van der Waals surface area contributed by atoms with Gasteiger partial charge in [0.1, 0.15) is 5.02 Å². The SMILES string of the molecule is C=C(C)C(=O)Nc1cccc(CNc2nc(Nc3cnn(CCOC)c3)ncc2Cl)c1. The number of nitrogens with zero attached hydrogens (tertiary/aromatic N) is 4. The van der Waals surface area contributed by atoms with E-state index in [2.05, 4.69) is 37.6 Å². The van der Waals surface area contributed by atoms with Crippen molar-refractivity contribution < 1.29 is 9.53 Å². The van der Waals surface area contributed by atoms with Gasteiger partial charge in [0, 0.05) is 31.1 Å². The number of carbonyl (C=O) groups excluding carboxylic acids is 1. The number of hydrogen-bond acceptors (Lipinski definition) is 7. The van der Waals surface area contributed by atoms with E-state index in [1.165, 1.54) is 6.20 Å². The monoisotopic (exact) mass is 441 g/mol. The van der Waals surface area contributed by atoms with E-state index in [0.717, 1.165) is 11.3 Å². The molecular formula is C21H24ClN7O2. The minimum absolute atomic E-state index is 0.217. The number of ether oxygens (including phenoxy) is 1. The van der Waals surface area contributed by atoms with Crippen molar-refractivity contribution in [1.82, 2.24) is 19.7 Å². The first kappa shape index (κ1) is 22.3. The zero-order chi connectivity index (χ0) is 22.2. The second-order valence-electron chi connectivity index (χ2n) is 6.79. The van der Waals surface area contributed by atoms with Crippen LogP contribution in [0.5, 0.6) is 0 Å². The number of halogens is 1. The third-order valence-electron chi connectivity index (χ3n) is 4.19. The van der Waals surface area contributed by atoms with Crippen LogP contribution in [0.15, 0.2) is 55.0 Å². The van der Waals surface area contributed by atoms with Crippen molar-refractivity contribution >= 4 is 40.6 Å². The zero-order valence-electron chi connectivity index (χ0n) is 17.4. The summed E-state index contributed by atoms with van der Waals surface area (Å²) in [7, 11) is 1.65. The van der Waals surface area contributed by atoms with Crippen molar-refractivity contribution in [2.45, 2.75) is 20.0 Å².